The quantitative estimate of drug-likeness (QED) is 0.736. The van der Waals surface area contributed by atoms with E-state index in [2.05, 4.69) is 5.32 Å². The van der Waals surface area contributed by atoms with Gasteiger partial charge in [-0.25, -0.2) is 0 Å². The van der Waals surface area contributed by atoms with Gasteiger partial charge in [0.05, 0.1) is 32.6 Å². The highest BCUT2D eigenvalue weighted by molar-refractivity contribution is 6.31. The Balaban J connectivity index is 2.54. The van der Waals surface area contributed by atoms with Gasteiger partial charge in [-0.15, -0.1) is 0 Å². The molecule has 0 aliphatic carbocycles. The molecule has 0 saturated carbocycles. The number of hydrogen-bond acceptors (Lipinski definition) is 4. The molecule has 5 heteroatoms. The summed E-state index contributed by atoms with van der Waals surface area (Å²) < 4.78 is 10.4. The van der Waals surface area contributed by atoms with Crippen LogP contribution in [0.2, 0.25) is 5.02 Å². The van der Waals surface area contributed by atoms with Crippen molar-refractivity contribution in [2.45, 2.75) is 6.92 Å². The van der Waals surface area contributed by atoms with Crippen LogP contribution in [-0.4, -0.2) is 38.6 Å². The third kappa shape index (κ3) is 4.42. The lowest BCUT2D eigenvalue weighted by atomic mass is 10.2. The molecule has 0 amide bonds. The fraction of sp³-hybridized carbons (Fsp3) is 0.500. The zero-order chi connectivity index (χ0) is 12.7. The first-order valence-corrected chi connectivity index (χ1v) is 5.83. The van der Waals surface area contributed by atoms with E-state index in [1.54, 1.807) is 13.2 Å². The van der Waals surface area contributed by atoms with Crippen molar-refractivity contribution in [3.63, 3.8) is 0 Å². The predicted molar refractivity (Wildman–Crippen MR) is 69.1 cm³/mol. The monoisotopic (exact) mass is 259 g/mol. The summed E-state index contributed by atoms with van der Waals surface area (Å²) in [5.74, 6) is 0.711. The second-order valence-corrected chi connectivity index (χ2v) is 3.97. The number of hydrogen-bond donors (Lipinski definition) is 2. The highest BCUT2D eigenvalue weighted by atomic mass is 35.5. The number of benzene rings is 1. The molecule has 0 aliphatic heterocycles. The van der Waals surface area contributed by atoms with Crippen LogP contribution in [0.5, 0.6) is 5.75 Å². The van der Waals surface area contributed by atoms with Crippen LogP contribution in [0.3, 0.4) is 0 Å². The van der Waals surface area contributed by atoms with E-state index in [1.165, 1.54) is 0 Å². The summed E-state index contributed by atoms with van der Waals surface area (Å²) in [5, 5.41) is 12.4. The van der Waals surface area contributed by atoms with Crippen LogP contribution in [0.4, 0.5) is 5.69 Å². The van der Waals surface area contributed by atoms with E-state index < -0.39 is 0 Å². The number of halogens is 1. The Labute approximate surface area is 106 Å². The molecule has 4 nitrogen and oxygen atoms in total. The van der Waals surface area contributed by atoms with E-state index in [1.807, 2.05) is 13.0 Å². The van der Waals surface area contributed by atoms with Crippen LogP contribution in [0, 0.1) is 6.92 Å². The SMILES string of the molecule is COc1cc(Cl)c(C)cc1NCCOCCO. The highest BCUT2D eigenvalue weighted by Crippen LogP contribution is 2.30. The van der Waals surface area contributed by atoms with Gasteiger partial charge in [-0.3, -0.25) is 0 Å². The molecule has 2 N–H and O–H groups in total. The number of methoxy groups -OCH3 is 1. The van der Waals surface area contributed by atoms with Gasteiger partial charge in [0.2, 0.25) is 0 Å². The van der Waals surface area contributed by atoms with E-state index in [-0.39, 0.29) is 6.61 Å². The van der Waals surface area contributed by atoms with E-state index in [0.717, 1.165) is 11.3 Å². The first-order chi connectivity index (χ1) is 8.19. The molecule has 17 heavy (non-hydrogen) atoms. The van der Waals surface area contributed by atoms with Gasteiger partial charge in [0, 0.05) is 17.6 Å². The fourth-order valence-corrected chi connectivity index (χ4v) is 1.55. The number of rotatable bonds is 7. The van der Waals surface area contributed by atoms with Crippen molar-refractivity contribution in [3.8, 4) is 5.75 Å². The number of ether oxygens (including phenoxy) is 2. The van der Waals surface area contributed by atoms with Gasteiger partial charge >= 0.3 is 0 Å². The van der Waals surface area contributed by atoms with E-state index in [0.29, 0.717) is 30.5 Å². The molecule has 0 heterocycles. The molecule has 1 aromatic carbocycles. The molecular formula is C12H18ClNO3. The molecule has 1 rings (SSSR count). The normalized spacial score (nSPS) is 10.4. The first kappa shape index (κ1) is 14.1. The van der Waals surface area contributed by atoms with Crippen LogP contribution in [0.15, 0.2) is 12.1 Å². The molecular weight excluding hydrogens is 242 g/mol. The Hall–Kier alpha value is -0.970. The molecule has 0 fully saturated rings. The maximum absolute atomic E-state index is 8.55. The Morgan fingerprint density at radius 1 is 1.35 bits per heavy atom. The van der Waals surface area contributed by atoms with Crippen LogP contribution in [0.25, 0.3) is 0 Å². The van der Waals surface area contributed by atoms with Crippen LogP contribution in [-0.2, 0) is 4.74 Å². The molecule has 0 atom stereocenters. The summed E-state index contributed by atoms with van der Waals surface area (Å²) >= 11 is 6.01. The van der Waals surface area contributed by atoms with Crippen molar-refractivity contribution in [2.24, 2.45) is 0 Å². The Bertz CT molecular complexity index is 358. The number of anilines is 1. The lowest BCUT2D eigenvalue weighted by molar-refractivity contribution is 0.0992. The lowest BCUT2D eigenvalue weighted by Gasteiger charge is -2.13. The second-order valence-electron chi connectivity index (χ2n) is 3.56. The van der Waals surface area contributed by atoms with Crippen LogP contribution in [0.1, 0.15) is 5.56 Å². The smallest absolute Gasteiger partial charge is 0.143 e. The van der Waals surface area contributed by atoms with Crippen LogP contribution >= 0.6 is 11.6 Å². The third-order valence-corrected chi connectivity index (χ3v) is 2.69. The molecule has 0 bridgehead atoms. The molecule has 96 valence electrons. The Kier molecular flexibility index (Phi) is 6.11. The Morgan fingerprint density at radius 3 is 2.76 bits per heavy atom. The minimum absolute atomic E-state index is 0.0450. The first-order valence-electron chi connectivity index (χ1n) is 5.45. The maximum Gasteiger partial charge on any atom is 0.143 e. The molecule has 0 spiro atoms. The van der Waals surface area contributed by atoms with Crippen molar-refractivity contribution < 1.29 is 14.6 Å². The van der Waals surface area contributed by atoms with Gasteiger partial charge in [0.25, 0.3) is 0 Å². The van der Waals surface area contributed by atoms with Crippen molar-refractivity contribution in [1.29, 1.82) is 0 Å². The molecule has 1 aromatic rings. The lowest BCUT2D eigenvalue weighted by Crippen LogP contribution is -2.12. The number of aliphatic hydroxyl groups excluding tert-OH is 1. The minimum Gasteiger partial charge on any atom is -0.495 e. The molecule has 0 unspecified atom stereocenters. The summed E-state index contributed by atoms with van der Waals surface area (Å²) in [6, 6.07) is 3.72. The summed E-state index contributed by atoms with van der Waals surface area (Å²) in [6.45, 7) is 3.53. The Morgan fingerprint density at radius 2 is 2.12 bits per heavy atom. The number of aliphatic hydroxyl groups is 1. The molecule has 0 saturated heterocycles. The number of nitrogens with one attached hydrogen (secondary N) is 1. The van der Waals surface area contributed by atoms with E-state index >= 15 is 0 Å². The summed E-state index contributed by atoms with van der Waals surface area (Å²) in [4.78, 5) is 0. The molecule has 0 aliphatic rings. The second kappa shape index (κ2) is 7.37. The number of aryl methyl sites for hydroxylation is 1. The summed E-state index contributed by atoms with van der Waals surface area (Å²) in [6.07, 6.45) is 0. The van der Waals surface area contributed by atoms with Crippen molar-refractivity contribution >= 4 is 17.3 Å². The predicted octanol–water partition coefficient (Wildman–Crippen LogP) is 2.08. The largest absolute Gasteiger partial charge is 0.495 e. The van der Waals surface area contributed by atoms with Gasteiger partial charge in [0.1, 0.15) is 5.75 Å². The fourth-order valence-electron chi connectivity index (χ4n) is 1.39. The maximum atomic E-state index is 8.55. The topological polar surface area (TPSA) is 50.7 Å². The van der Waals surface area contributed by atoms with Gasteiger partial charge < -0.3 is 19.9 Å². The van der Waals surface area contributed by atoms with E-state index in [9.17, 15) is 0 Å². The highest BCUT2D eigenvalue weighted by Gasteiger charge is 2.06. The van der Waals surface area contributed by atoms with Gasteiger partial charge in [-0.2, -0.15) is 0 Å². The summed E-state index contributed by atoms with van der Waals surface area (Å²) in [5.41, 5.74) is 1.88. The molecule has 0 aromatic heterocycles. The van der Waals surface area contributed by atoms with Crippen LogP contribution < -0.4 is 10.1 Å². The molecule has 0 radical (unpaired) electrons. The van der Waals surface area contributed by atoms with Gasteiger partial charge in [0.15, 0.2) is 0 Å². The van der Waals surface area contributed by atoms with Gasteiger partial charge in [-0.05, 0) is 18.6 Å². The van der Waals surface area contributed by atoms with Crippen molar-refractivity contribution in [3.05, 3.63) is 22.7 Å². The average Bonchev–Trinajstić information content (AvgIpc) is 2.33. The standard InChI is InChI=1S/C12H18ClNO3/c1-9-7-11(12(16-2)8-10(9)13)14-3-5-17-6-4-15/h7-8,14-15H,3-6H2,1-2H3. The zero-order valence-electron chi connectivity index (χ0n) is 10.1. The van der Waals surface area contributed by atoms with Crippen molar-refractivity contribution in [2.75, 3.05) is 38.8 Å². The van der Waals surface area contributed by atoms with Crippen molar-refractivity contribution in [1.82, 2.24) is 0 Å². The van der Waals surface area contributed by atoms with E-state index in [4.69, 9.17) is 26.2 Å². The zero-order valence-corrected chi connectivity index (χ0v) is 10.9. The third-order valence-electron chi connectivity index (χ3n) is 2.28. The minimum atomic E-state index is 0.0450. The summed E-state index contributed by atoms with van der Waals surface area (Å²) in [7, 11) is 1.61. The average molecular weight is 260 g/mol. The van der Waals surface area contributed by atoms with Gasteiger partial charge in [-0.1, -0.05) is 11.6 Å².